The standard InChI is InChI=1S/C19H14O7/c1-2-9-5-11-14(7-12(9)20)26-18(19(22)23)16(17(11)21)10-3-4-13-15(6-10)25-8-24-13/h3-7,20H,2,8H2,1H3,(H,22,23). The fraction of sp³-hybridized carbons (Fsp3) is 0.158. The monoisotopic (exact) mass is 354 g/mol. The minimum absolute atomic E-state index is 0.0200. The minimum atomic E-state index is -1.38. The van der Waals surface area contributed by atoms with Crippen LogP contribution in [0.3, 0.4) is 0 Å². The van der Waals surface area contributed by atoms with Crippen molar-refractivity contribution in [2.45, 2.75) is 13.3 Å². The van der Waals surface area contributed by atoms with Crippen molar-refractivity contribution in [1.82, 2.24) is 0 Å². The third-order valence-corrected chi connectivity index (χ3v) is 4.33. The van der Waals surface area contributed by atoms with E-state index in [0.717, 1.165) is 0 Å². The molecule has 2 heterocycles. The van der Waals surface area contributed by atoms with Gasteiger partial charge >= 0.3 is 5.97 Å². The molecule has 7 heteroatoms. The Morgan fingerprint density at radius 3 is 2.65 bits per heavy atom. The number of aromatic hydroxyl groups is 1. The van der Waals surface area contributed by atoms with Crippen molar-refractivity contribution in [2.75, 3.05) is 6.79 Å². The molecule has 2 N–H and O–H groups in total. The second kappa shape index (κ2) is 5.80. The van der Waals surface area contributed by atoms with Crippen LogP contribution in [0.1, 0.15) is 23.0 Å². The summed E-state index contributed by atoms with van der Waals surface area (Å²) in [5.41, 5.74) is 0.387. The van der Waals surface area contributed by atoms with Gasteiger partial charge in [-0.2, -0.15) is 0 Å². The van der Waals surface area contributed by atoms with Gasteiger partial charge in [-0.05, 0) is 35.7 Å². The van der Waals surface area contributed by atoms with Crippen molar-refractivity contribution < 1.29 is 28.9 Å². The van der Waals surface area contributed by atoms with Crippen LogP contribution in [-0.2, 0) is 6.42 Å². The lowest BCUT2D eigenvalue weighted by atomic mass is 10.00. The summed E-state index contributed by atoms with van der Waals surface area (Å²) < 4.78 is 16.0. The Kier molecular flexibility index (Phi) is 3.57. The fourth-order valence-corrected chi connectivity index (χ4v) is 3.02. The minimum Gasteiger partial charge on any atom is -0.508 e. The molecule has 2 aromatic carbocycles. The first-order valence-corrected chi connectivity index (χ1v) is 7.95. The van der Waals surface area contributed by atoms with Crippen molar-refractivity contribution in [3.8, 4) is 28.4 Å². The number of ether oxygens (including phenoxy) is 2. The maximum absolute atomic E-state index is 13.1. The zero-order valence-corrected chi connectivity index (χ0v) is 13.7. The fourth-order valence-electron chi connectivity index (χ4n) is 3.02. The third kappa shape index (κ3) is 2.36. The van der Waals surface area contributed by atoms with Crippen LogP contribution in [-0.4, -0.2) is 23.0 Å². The van der Waals surface area contributed by atoms with Gasteiger partial charge in [0, 0.05) is 6.07 Å². The molecule has 132 valence electrons. The molecular weight excluding hydrogens is 340 g/mol. The molecule has 0 amide bonds. The topological polar surface area (TPSA) is 106 Å². The van der Waals surface area contributed by atoms with Crippen molar-refractivity contribution >= 4 is 16.9 Å². The number of phenols is 1. The van der Waals surface area contributed by atoms with E-state index in [9.17, 15) is 19.8 Å². The first kappa shape index (κ1) is 16.0. The molecule has 3 aromatic rings. The van der Waals surface area contributed by atoms with Crippen molar-refractivity contribution in [3.63, 3.8) is 0 Å². The molecule has 0 saturated heterocycles. The van der Waals surface area contributed by atoms with Gasteiger partial charge in [0.15, 0.2) is 11.5 Å². The molecule has 4 rings (SSSR count). The molecule has 26 heavy (non-hydrogen) atoms. The lowest BCUT2D eigenvalue weighted by molar-refractivity contribution is 0.0664. The highest BCUT2D eigenvalue weighted by atomic mass is 16.7. The van der Waals surface area contributed by atoms with Gasteiger partial charge in [-0.25, -0.2) is 4.79 Å². The lowest BCUT2D eigenvalue weighted by Gasteiger charge is -2.10. The molecule has 0 fully saturated rings. The summed E-state index contributed by atoms with van der Waals surface area (Å²) in [4.78, 5) is 24.7. The van der Waals surface area contributed by atoms with Crippen LogP contribution in [0.25, 0.3) is 22.1 Å². The zero-order chi connectivity index (χ0) is 18.4. The predicted octanol–water partition coefficient (Wildman–Crippen LogP) is 3.15. The van der Waals surface area contributed by atoms with E-state index in [0.29, 0.717) is 29.0 Å². The Bertz CT molecular complexity index is 1110. The van der Waals surface area contributed by atoms with Crippen LogP contribution in [0.5, 0.6) is 17.2 Å². The molecular formula is C19H14O7. The van der Waals surface area contributed by atoms with Crippen molar-refractivity contribution in [3.05, 3.63) is 51.9 Å². The van der Waals surface area contributed by atoms with Gasteiger partial charge in [-0.15, -0.1) is 0 Å². The van der Waals surface area contributed by atoms with E-state index in [-0.39, 0.29) is 29.1 Å². The first-order valence-electron chi connectivity index (χ1n) is 7.95. The molecule has 0 radical (unpaired) electrons. The summed E-state index contributed by atoms with van der Waals surface area (Å²) >= 11 is 0. The third-order valence-electron chi connectivity index (χ3n) is 4.33. The maximum Gasteiger partial charge on any atom is 0.372 e. The van der Waals surface area contributed by atoms with E-state index < -0.39 is 17.2 Å². The van der Waals surface area contributed by atoms with E-state index in [1.807, 2.05) is 6.92 Å². The van der Waals surface area contributed by atoms with Gasteiger partial charge < -0.3 is 24.1 Å². The van der Waals surface area contributed by atoms with Gasteiger partial charge in [0.05, 0.1) is 10.9 Å². The molecule has 7 nitrogen and oxygen atoms in total. The van der Waals surface area contributed by atoms with Crippen LogP contribution in [0.15, 0.2) is 39.5 Å². The Balaban J connectivity index is 2.05. The Labute approximate surface area is 147 Å². The van der Waals surface area contributed by atoms with Gasteiger partial charge in [0.25, 0.3) is 0 Å². The number of carboxylic acids is 1. The SMILES string of the molecule is CCc1cc2c(=O)c(-c3ccc4c(c3)OCO4)c(C(=O)O)oc2cc1O. The number of benzene rings is 2. The van der Waals surface area contributed by atoms with Crippen LogP contribution in [0, 0.1) is 0 Å². The number of fused-ring (bicyclic) bond motifs is 2. The Morgan fingerprint density at radius 2 is 1.92 bits per heavy atom. The molecule has 0 atom stereocenters. The molecule has 1 aromatic heterocycles. The summed E-state index contributed by atoms with van der Waals surface area (Å²) in [5.74, 6) is -0.969. The van der Waals surface area contributed by atoms with Crippen LogP contribution >= 0.6 is 0 Å². The van der Waals surface area contributed by atoms with E-state index >= 15 is 0 Å². The summed E-state index contributed by atoms with van der Waals surface area (Å²) in [6, 6.07) is 7.54. The van der Waals surface area contributed by atoms with E-state index in [1.54, 1.807) is 18.2 Å². The maximum atomic E-state index is 13.1. The van der Waals surface area contributed by atoms with Crippen LogP contribution in [0.2, 0.25) is 0 Å². The molecule has 0 saturated carbocycles. The quantitative estimate of drug-likeness (QED) is 0.744. The number of rotatable bonds is 3. The van der Waals surface area contributed by atoms with Crippen molar-refractivity contribution in [1.29, 1.82) is 0 Å². The second-order valence-electron chi connectivity index (χ2n) is 5.84. The molecule has 1 aliphatic rings. The molecule has 0 spiro atoms. The van der Waals surface area contributed by atoms with Gasteiger partial charge in [-0.3, -0.25) is 4.79 Å². The zero-order valence-electron chi connectivity index (χ0n) is 13.7. The number of aryl methyl sites for hydroxylation is 1. The summed E-state index contributed by atoms with van der Waals surface area (Å²) in [6.07, 6.45) is 0.515. The van der Waals surface area contributed by atoms with Gasteiger partial charge in [-0.1, -0.05) is 13.0 Å². The molecule has 1 aliphatic heterocycles. The highest BCUT2D eigenvalue weighted by molar-refractivity contribution is 5.97. The van der Waals surface area contributed by atoms with Gasteiger partial charge in [0.2, 0.25) is 18.0 Å². The summed E-state index contributed by atoms with van der Waals surface area (Å²) in [5, 5.41) is 19.7. The van der Waals surface area contributed by atoms with E-state index in [1.165, 1.54) is 12.1 Å². The molecule has 0 bridgehead atoms. The number of hydrogen-bond acceptors (Lipinski definition) is 6. The van der Waals surface area contributed by atoms with E-state index in [4.69, 9.17) is 13.9 Å². The first-order chi connectivity index (χ1) is 12.5. The molecule has 0 aliphatic carbocycles. The average molecular weight is 354 g/mol. The Hall–Kier alpha value is -3.48. The predicted molar refractivity (Wildman–Crippen MR) is 92.0 cm³/mol. The number of hydrogen-bond donors (Lipinski definition) is 2. The summed E-state index contributed by atoms with van der Waals surface area (Å²) in [6.45, 7) is 1.91. The molecule has 0 unspecified atom stereocenters. The van der Waals surface area contributed by atoms with Crippen LogP contribution < -0.4 is 14.9 Å². The van der Waals surface area contributed by atoms with E-state index in [2.05, 4.69) is 0 Å². The normalized spacial score (nSPS) is 12.5. The number of carbonyl (C=O) groups is 1. The highest BCUT2D eigenvalue weighted by Crippen LogP contribution is 2.37. The highest BCUT2D eigenvalue weighted by Gasteiger charge is 2.24. The second-order valence-corrected chi connectivity index (χ2v) is 5.84. The number of phenolic OH excluding ortho intramolecular Hbond substituents is 1. The van der Waals surface area contributed by atoms with Gasteiger partial charge in [0.1, 0.15) is 11.3 Å². The smallest absolute Gasteiger partial charge is 0.372 e. The lowest BCUT2D eigenvalue weighted by Crippen LogP contribution is -2.13. The number of aromatic carboxylic acids is 1. The van der Waals surface area contributed by atoms with Crippen LogP contribution in [0.4, 0.5) is 0 Å². The summed E-state index contributed by atoms with van der Waals surface area (Å²) in [7, 11) is 0. The largest absolute Gasteiger partial charge is 0.508 e. The Morgan fingerprint density at radius 1 is 1.15 bits per heavy atom. The van der Waals surface area contributed by atoms with Crippen molar-refractivity contribution in [2.24, 2.45) is 0 Å². The average Bonchev–Trinajstić information content (AvgIpc) is 3.08. The number of carboxylic acid groups (broad SMARTS) is 1.